The Labute approximate surface area is 142 Å². The summed E-state index contributed by atoms with van der Waals surface area (Å²) in [7, 11) is 0. The van der Waals surface area contributed by atoms with E-state index in [9.17, 15) is 10.4 Å². The summed E-state index contributed by atoms with van der Waals surface area (Å²) in [4.78, 5) is 0. The highest BCUT2D eigenvalue weighted by Crippen LogP contribution is 2.23. The molecule has 0 aromatic heterocycles. The summed E-state index contributed by atoms with van der Waals surface area (Å²) < 4.78 is 2.11. The fourth-order valence-electron chi connectivity index (χ4n) is 3.15. The van der Waals surface area contributed by atoms with Crippen molar-refractivity contribution in [1.29, 1.82) is 0 Å². The van der Waals surface area contributed by atoms with Crippen molar-refractivity contribution in [1.82, 2.24) is 0 Å². The molecule has 0 aliphatic heterocycles. The Balaban J connectivity index is 1.59. The summed E-state index contributed by atoms with van der Waals surface area (Å²) in [5.41, 5.74) is 1.83. The van der Waals surface area contributed by atoms with Gasteiger partial charge in [0.05, 0.1) is 0 Å². The second-order valence-electron chi connectivity index (χ2n) is 6.26. The normalized spacial score (nSPS) is 22.3. The monoisotopic (exact) mass is 322 g/mol. The van der Waals surface area contributed by atoms with E-state index in [1.54, 1.807) is 12.4 Å². The van der Waals surface area contributed by atoms with Gasteiger partial charge in [0, 0.05) is 36.8 Å². The SMILES string of the molecule is [O-]/[N+](=C\c1ccccc1)C1CCC(/[N+]([O-])=C/c2ccccc2)CC1. The van der Waals surface area contributed by atoms with Gasteiger partial charge in [-0.05, 0) is 24.3 Å². The standard InChI is InChI=1S/C20H22N2O2/c23-21(15-17-7-3-1-4-8-17)19-11-13-20(14-12-19)22(24)16-18-9-5-2-6-10-18/h1-10,15-16,19-20H,11-14H2/b21-15-,22-16-. The highest BCUT2D eigenvalue weighted by Gasteiger charge is 2.30. The van der Waals surface area contributed by atoms with Gasteiger partial charge in [-0.3, -0.25) is 0 Å². The van der Waals surface area contributed by atoms with Crippen molar-refractivity contribution in [3.05, 3.63) is 82.2 Å². The summed E-state index contributed by atoms with van der Waals surface area (Å²) in [6, 6.07) is 19.2. The van der Waals surface area contributed by atoms with Gasteiger partial charge in [0.15, 0.2) is 24.5 Å². The molecular formula is C20H22N2O2. The zero-order valence-electron chi connectivity index (χ0n) is 13.6. The molecule has 1 fully saturated rings. The van der Waals surface area contributed by atoms with Crippen molar-refractivity contribution < 1.29 is 9.48 Å². The molecule has 0 bridgehead atoms. The Morgan fingerprint density at radius 3 is 1.29 bits per heavy atom. The number of benzene rings is 2. The van der Waals surface area contributed by atoms with Crippen LogP contribution >= 0.6 is 0 Å². The summed E-state index contributed by atoms with van der Waals surface area (Å²) in [6.45, 7) is 0. The molecule has 0 atom stereocenters. The van der Waals surface area contributed by atoms with Crippen molar-refractivity contribution in [3.8, 4) is 0 Å². The van der Waals surface area contributed by atoms with Gasteiger partial charge >= 0.3 is 0 Å². The van der Waals surface area contributed by atoms with Gasteiger partial charge in [0.1, 0.15) is 0 Å². The van der Waals surface area contributed by atoms with Gasteiger partial charge in [-0.1, -0.05) is 36.4 Å². The maximum atomic E-state index is 12.3. The lowest BCUT2D eigenvalue weighted by atomic mass is 9.91. The van der Waals surface area contributed by atoms with Crippen molar-refractivity contribution in [3.63, 3.8) is 0 Å². The lowest BCUT2D eigenvalue weighted by Crippen LogP contribution is -2.34. The molecular weight excluding hydrogens is 300 g/mol. The Hall–Kier alpha value is -2.62. The number of rotatable bonds is 4. The molecule has 4 nitrogen and oxygen atoms in total. The van der Waals surface area contributed by atoms with Crippen LogP contribution < -0.4 is 0 Å². The van der Waals surface area contributed by atoms with E-state index in [2.05, 4.69) is 0 Å². The molecule has 1 aliphatic rings. The minimum Gasteiger partial charge on any atom is -0.624 e. The Bertz CT molecular complexity index is 639. The van der Waals surface area contributed by atoms with Gasteiger partial charge in [0.25, 0.3) is 0 Å². The van der Waals surface area contributed by atoms with Gasteiger partial charge in [-0.15, -0.1) is 0 Å². The molecule has 2 aromatic rings. The van der Waals surface area contributed by atoms with Crippen molar-refractivity contribution in [2.45, 2.75) is 37.8 Å². The van der Waals surface area contributed by atoms with Crippen LogP contribution in [0.5, 0.6) is 0 Å². The molecule has 0 radical (unpaired) electrons. The molecule has 1 saturated carbocycles. The molecule has 124 valence electrons. The van der Waals surface area contributed by atoms with Crippen LogP contribution in [0.3, 0.4) is 0 Å². The topological polar surface area (TPSA) is 52.1 Å². The first-order valence-corrected chi connectivity index (χ1v) is 8.43. The van der Waals surface area contributed by atoms with Crippen LogP contribution in [0.4, 0.5) is 0 Å². The summed E-state index contributed by atoms with van der Waals surface area (Å²) >= 11 is 0. The quantitative estimate of drug-likeness (QED) is 0.374. The van der Waals surface area contributed by atoms with Gasteiger partial charge in [-0.25, -0.2) is 9.48 Å². The van der Waals surface area contributed by atoms with Crippen LogP contribution in [-0.4, -0.2) is 34.0 Å². The van der Waals surface area contributed by atoms with Crippen LogP contribution in [0.2, 0.25) is 0 Å². The largest absolute Gasteiger partial charge is 0.624 e. The van der Waals surface area contributed by atoms with E-state index in [-0.39, 0.29) is 12.1 Å². The average molecular weight is 322 g/mol. The van der Waals surface area contributed by atoms with Gasteiger partial charge < -0.3 is 10.4 Å². The molecule has 3 rings (SSSR count). The zero-order chi connectivity index (χ0) is 16.8. The highest BCUT2D eigenvalue weighted by atomic mass is 16.5. The summed E-state index contributed by atoms with van der Waals surface area (Å²) in [5, 5.41) is 24.6. The number of hydrogen-bond donors (Lipinski definition) is 0. The summed E-state index contributed by atoms with van der Waals surface area (Å²) in [6.07, 6.45) is 6.29. The Morgan fingerprint density at radius 1 is 0.625 bits per heavy atom. The van der Waals surface area contributed by atoms with Crippen molar-refractivity contribution >= 4 is 12.4 Å². The van der Waals surface area contributed by atoms with Crippen LogP contribution in [0.25, 0.3) is 0 Å². The first-order valence-electron chi connectivity index (χ1n) is 8.43. The molecule has 2 aromatic carbocycles. The maximum absolute atomic E-state index is 12.3. The molecule has 0 heterocycles. The molecule has 0 spiro atoms. The number of nitrogens with zero attached hydrogens (tertiary/aromatic N) is 2. The molecule has 0 unspecified atom stereocenters. The maximum Gasteiger partial charge on any atom is 0.182 e. The lowest BCUT2D eigenvalue weighted by Gasteiger charge is -2.26. The van der Waals surface area contributed by atoms with E-state index in [0.717, 1.165) is 46.3 Å². The fourth-order valence-corrected chi connectivity index (χ4v) is 3.15. The molecule has 0 amide bonds. The number of hydrogen-bond acceptors (Lipinski definition) is 2. The summed E-state index contributed by atoms with van der Waals surface area (Å²) in [5.74, 6) is 0. The first kappa shape index (κ1) is 16.2. The lowest BCUT2D eigenvalue weighted by molar-refractivity contribution is -0.530. The second-order valence-corrected chi connectivity index (χ2v) is 6.26. The molecule has 24 heavy (non-hydrogen) atoms. The predicted octanol–water partition coefficient (Wildman–Crippen LogP) is 3.56. The van der Waals surface area contributed by atoms with Gasteiger partial charge in [0.2, 0.25) is 0 Å². The zero-order valence-corrected chi connectivity index (χ0v) is 13.6. The molecule has 0 N–H and O–H groups in total. The average Bonchev–Trinajstić information content (AvgIpc) is 2.63. The van der Waals surface area contributed by atoms with Crippen LogP contribution in [0, 0.1) is 10.4 Å². The number of hydroxylamine groups is 2. The van der Waals surface area contributed by atoms with Gasteiger partial charge in [-0.2, -0.15) is 0 Å². The molecule has 1 aliphatic carbocycles. The minimum absolute atomic E-state index is 0.0356. The smallest absolute Gasteiger partial charge is 0.182 e. The van der Waals surface area contributed by atoms with E-state index < -0.39 is 0 Å². The predicted molar refractivity (Wildman–Crippen MR) is 96.5 cm³/mol. The fraction of sp³-hybridized carbons (Fsp3) is 0.300. The van der Waals surface area contributed by atoms with Crippen LogP contribution in [0.15, 0.2) is 60.7 Å². The Morgan fingerprint density at radius 2 is 0.958 bits per heavy atom. The van der Waals surface area contributed by atoms with Crippen LogP contribution in [0.1, 0.15) is 36.8 Å². The third-order valence-electron chi connectivity index (χ3n) is 4.54. The second kappa shape index (κ2) is 7.77. The van der Waals surface area contributed by atoms with E-state index in [4.69, 9.17) is 0 Å². The Kier molecular flexibility index (Phi) is 5.26. The third kappa shape index (κ3) is 4.22. The van der Waals surface area contributed by atoms with E-state index >= 15 is 0 Å². The minimum atomic E-state index is -0.0356. The molecule has 0 saturated heterocycles. The van der Waals surface area contributed by atoms with Crippen molar-refractivity contribution in [2.24, 2.45) is 0 Å². The highest BCUT2D eigenvalue weighted by molar-refractivity contribution is 5.75. The van der Waals surface area contributed by atoms with E-state index in [1.807, 2.05) is 60.7 Å². The molecule has 4 heteroatoms. The van der Waals surface area contributed by atoms with E-state index in [0.29, 0.717) is 0 Å². The van der Waals surface area contributed by atoms with E-state index in [1.165, 1.54) is 0 Å². The third-order valence-corrected chi connectivity index (χ3v) is 4.54. The first-order chi connectivity index (χ1) is 11.7. The van der Waals surface area contributed by atoms with Crippen LogP contribution in [-0.2, 0) is 0 Å². The van der Waals surface area contributed by atoms with Crippen molar-refractivity contribution in [2.75, 3.05) is 0 Å².